The van der Waals surface area contributed by atoms with Crippen LogP contribution in [-0.2, 0) is 0 Å². The fourth-order valence-corrected chi connectivity index (χ4v) is 1.71. The minimum atomic E-state index is -0.388. The summed E-state index contributed by atoms with van der Waals surface area (Å²) in [5.74, 6) is -0.388. The number of rotatable bonds is 6. The molecule has 0 aliphatic rings. The molecule has 0 spiro atoms. The summed E-state index contributed by atoms with van der Waals surface area (Å²) < 4.78 is 12.9. The number of carbonyl (C=O) groups excluding carboxylic acids is 1. The lowest BCUT2D eigenvalue weighted by Crippen LogP contribution is -2.36. The average molecular weight is 268 g/mol. The van der Waals surface area contributed by atoms with E-state index in [2.05, 4.69) is 10.6 Å². The van der Waals surface area contributed by atoms with Crippen molar-refractivity contribution in [1.82, 2.24) is 5.32 Å². The molecule has 2 amide bonds. The fourth-order valence-electron chi connectivity index (χ4n) is 1.71. The van der Waals surface area contributed by atoms with E-state index in [1.807, 2.05) is 13.8 Å². The fraction of sp³-hybridized carbons (Fsp3) is 0.500. The molecule has 0 unspecified atom stereocenters. The Kier molecular flexibility index (Phi) is 5.76. The Labute approximate surface area is 113 Å². The summed E-state index contributed by atoms with van der Waals surface area (Å²) in [7, 11) is 0. The summed E-state index contributed by atoms with van der Waals surface area (Å²) in [6.45, 7) is 4.68. The average Bonchev–Trinajstić information content (AvgIpc) is 2.34. The van der Waals surface area contributed by atoms with Gasteiger partial charge in [0.25, 0.3) is 0 Å². The lowest BCUT2D eigenvalue weighted by molar-refractivity contribution is 0.227. The first-order valence-electron chi connectivity index (χ1n) is 6.34. The highest BCUT2D eigenvalue weighted by molar-refractivity contribution is 5.89. The number of hydrogen-bond donors (Lipinski definition) is 3. The maximum absolute atomic E-state index is 12.9. The Balaban J connectivity index is 2.39. The van der Waals surface area contributed by atoms with Crippen LogP contribution >= 0.6 is 0 Å². The number of halogens is 1. The predicted molar refractivity (Wildman–Crippen MR) is 73.5 cm³/mol. The zero-order chi connectivity index (χ0) is 14.3. The molecule has 0 bridgehead atoms. The highest BCUT2D eigenvalue weighted by Crippen LogP contribution is 2.20. The summed E-state index contributed by atoms with van der Waals surface area (Å²) in [5, 5.41) is 14.1. The first-order chi connectivity index (χ1) is 8.93. The molecule has 19 heavy (non-hydrogen) atoms. The summed E-state index contributed by atoms with van der Waals surface area (Å²) >= 11 is 0. The highest BCUT2D eigenvalue weighted by atomic mass is 19.1. The smallest absolute Gasteiger partial charge is 0.319 e. The Morgan fingerprint density at radius 1 is 1.42 bits per heavy atom. The standard InChI is InChI=1S/C14H21FN2O2/c1-14(2,7-4-8-18)10-16-13(19)17-12-6-3-5-11(15)9-12/h3,5-6,9,18H,4,7-8,10H2,1-2H3,(H2,16,17,19). The van der Waals surface area contributed by atoms with Crippen LogP contribution in [0, 0.1) is 11.2 Å². The van der Waals surface area contributed by atoms with Crippen LogP contribution in [0.3, 0.4) is 0 Å². The molecular weight excluding hydrogens is 247 g/mol. The lowest BCUT2D eigenvalue weighted by atomic mass is 9.88. The number of amides is 2. The van der Waals surface area contributed by atoms with Crippen LogP contribution in [0.2, 0.25) is 0 Å². The molecule has 1 aromatic rings. The van der Waals surface area contributed by atoms with Gasteiger partial charge >= 0.3 is 6.03 Å². The molecule has 5 heteroatoms. The monoisotopic (exact) mass is 268 g/mol. The van der Waals surface area contributed by atoms with Crippen molar-refractivity contribution in [3.05, 3.63) is 30.1 Å². The predicted octanol–water partition coefficient (Wildman–Crippen LogP) is 2.75. The molecule has 4 nitrogen and oxygen atoms in total. The number of benzene rings is 1. The van der Waals surface area contributed by atoms with Gasteiger partial charge in [-0.15, -0.1) is 0 Å². The number of urea groups is 1. The minimum absolute atomic E-state index is 0.0813. The van der Waals surface area contributed by atoms with Crippen molar-refractivity contribution in [3.63, 3.8) is 0 Å². The van der Waals surface area contributed by atoms with Gasteiger partial charge in [-0.1, -0.05) is 19.9 Å². The summed E-state index contributed by atoms with van der Waals surface area (Å²) in [4.78, 5) is 11.7. The molecule has 0 heterocycles. The van der Waals surface area contributed by atoms with Crippen molar-refractivity contribution in [1.29, 1.82) is 0 Å². The van der Waals surface area contributed by atoms with Gasteiger partial charge in [-0.2, -0.15) is 0 Å². The van der Waals surface area contributed by atoms with Crippen molar-refractivity contribution in [2.75, 3.05) is 18.5 Å². The van der Waals surface area contributed by atoms with Gasteiger partial charge in [-0.25, -0.2) is 9.18 Å². The van der Waals surface area contributed by atoms with Crippen LogP contribution in [0.4, 0.5) is 14.9 Å². The number of aliphatic hydroxyl groups excluding tert-OH is 1. The molecule has 0 aliphatic carbocycles. The summed E-state index contributed by atoms with van der Waals surface area (Å²) in [6.07, 6.45) is 1.53. The highest BCUT2D eigenvalue weighted by Gasteiger charge is 2.18. The zero-order valence-corrected chi connectivity index (χ0v) is 11.4. The van der Waals surface area contributed by atoms with Gasteiger partial charge in [0.2, 0.25) is 0 Å². The van der Waals surface area contributed by atoms with E-state index in [9.17, 15) is 9.18 Å². The van der Waals surface area contributed by atoms with Gasteiger partial charge < -0.3 is 15.7 Å². The van der Waals surface area contributed by atoms with Crippen LogP contribution in [0.5, 0.6) is 0 Å². The molecule has 1 aromatic carbocycles. The van der Waals surface area contributed by atoms with E-state index in [-0.39, 0.29) is 23.9 Å². The normalized spacial score (nSPS) is 11.2. The first kappa shape index (κ1) is 15.4. The molecule has 106 valence electrons. The Hall–Kier alpha value is -1.62. The molecule has 1 rings (SSSR count). The van der Waals surface area contributed by atoms with Crippen LogP contribution in [0.1, 0.15) is 26.7 Å². The minimum Gasteiger partial charge on any atom is -0.396 e. The molecule has 3 N–H and O–H groups in total. The van der Waals surface area contributed by atoms with Crippen molar-refractivity contribution < 1.29 is 14.3 Å². The van der Waals surface area contributed by atoms with Gasteiger partial charge in [0.1, 0.15) is 5.82 Å². The van der Waals surface area contributed by atoms with Crippen molar-refractivity contribution in [2.45, 2.75) is 26.7 Å². The van der Waals surface area contributed by atoms with E-state index in [1.54, 1.807) is 6.07 Å². The van der Waals surface area contributed by atoms with Gasteiger partial charge in [0, 0.05) is 18.8 Å². The number of carbonyl (C=O) groups is 1. The second-order valence-electron chi connectivity index (χ2n) is 5.31. The number of anilines is 1. The molecule has 0 aromatic heterocycles. The third-order valence-corrected chi connectivity index (χ3v) is 2.82. The van der Waals surface area contributed by atoms with E-state index >= 15 is 0 Å². The van der Waals surface area contributed by atoms with E-state index < -0.39 is 0 Å². The van der Waals surface area contributed by atoms with E-state index in [4.69, 9.17) is 5.11 Å². The number of hydrogen-bond acceptors (Lipinski definition) is 2. The maximum Gasteiger partial charge on any atom is 0.319 e. The van der Waals surface area contributed by atoms with Crippen molar-refractivity contribution in [3.8, 4) is 0 Å². The molecule has 0 saturated carbocycles. The second kappa shape index (κ2) is 7.09. The lowest BCUT2D eigenvalue weighted by Gasteiger charge is -2.24. The quantitative estimate of drug-likeness (QED) is 0.743. The number of nitrogens with one attached hydrogen (secondary N) is 2. The van der Waals surface area contributed by atoms with Crippen molar-refractivity contribution in [2.24, 2.45) is 5.41 Å². The van der Waals surface area contributed by atoms with Gasteiger partial charge in [-0.3, -0.25) is 0 Å². The van der Waals surface area contributed by atoms with Gasteiger partial charge in [0.05, 0.1) is 0 Å². The number of aliphatic hydroxyl groups is 1. The zero-order valence-electron chi connectivity index (χ0n) is 11.4. The third kappa shape index (κ3) is 6.20. The van der Waals surface area contributed by atoms with Crippen molar-refractivity contribution >= 4 is 11.7 Å². The molecule has 0 fully saturated rings. The second-order valence-corrected chi connectivity index (χ2v) is 5.31. The van der Waals surface area contributed by atoms with Gasteiger partial charge in [-0.05, 0) is 36.5 Å². The molecule has 0 saturated heterocycles. The molecular formula is C14H21FN2O2. The Morgan fingerprint density at radius 3 is 2.79 bits per heavy atom. The van der Waals surface area contributed by atoms with Gasteiger partial charge in [0.15, 0.2) is 0 Å². The third-order valence-electron chi connectivity index (χ3n) is 2.82. The summed E-state index contributed by atoms with van der Waals surface area (Å²) in [6, 6.07) is 5.38. The Bertz CT molecular complexity index is 422. The van der Waals surface area contributed by atoms with Crippen LogP contribution in [-0.4, -0.2) is 24.3 Å². The van der Waals surface area contributed by atoms with E-state index in [0.29, 0.717) is 18.7 Å². The largest absolute Gasteiger partial charge is 0.396 e. The Morgan fingerprint density at radius 2 is 2.16 bits per heavy atom. The van der Waals surface area contributed by atoms with Crippen LogP contribution < -0.4 is 10.6 Å². The molecule has 0 aliphatic heterocycles. The molecule has 0 atom stereocenters. The van der Waals surface area contributed by atoms with Crippen LogP contribution in [0.15, 0.2) is 24.3 Å². The topological polar surface area (TPSA) is 61.4 Å². The maximum atomic E-state index is 12.9. The molecule has 0 radical (unpaired) electrons. The van der Waals surface area contributed by atoms with Crippen LogP contribution in [0.25, 0.3) is 0 Å². The van der Waals surface area contributed by atoms with E-state index in [1.165, 1.54) is 18.2 Å². The SMILES string of the molecule is CC(C)(CCCO)CNC(=O)Nc1cccc(F)c1. The first-order valence-corrected chi connectivity index (χ1v) is 6.34. The summed E-state index contributed by atoms with van der Waals surface area (Å²) in [5.41, 5.74) is 0.341. The van der Waals surface area contributed by atoms with E-state index in [0.717, 1.165) is 6.42 Å².